The predicted molar refractivity (Wildman–Crippen MR) is 137 cm³/mol. The molecule has 1 radical (unpaired) electrons. The van der Waals surface area contributed by atoms with Crippen molar-refractivity contribution < 1.29 is 24.1 Å². The molecule has 0 atom stereocenters. The van der Waals surface area contributed by atoms with Crippen LogP contribution in [0.2, 0.25) is 0 Å². The van der Waals surface area contributed by atoms with Gasteiger partial charge in [0.2, 0.25) is 0 Å². The summed E-state index contributed by atoms with van der Waals surface area (Å²) in [5, 5.41) is 8.90. The fraction of sp³-hybridized carbons (Fsp3) is 0.107. The van der Waals surface area contributed by atoms with E-state index in [-0.39, 0.29) is 11.3 Å². The fourth-order valence-corrected chi connectivity index (χ4v) is 10.9. The van der Waals surface area contributed by atoms with Crippen LogP contribution in [0.15, 0.2) is 103 Å². The van der Waals surface area contributed by atoms with E-state index in [4.69, 9.17) is 19.3 Å². The summed E-state index contributed by atoms with van der Waals surface area (Å²) in [6, 6.07) is 35.8. The van der Waals surface area contributed by atoms with Gasteiger partial charge < -0.3 is 19.3 Å². The van der Waals surface area contributed by atoms with Crippen molar-refractivity contribution in [1.29, 1.82) is 0 Å². The first kappa shape index (κ1) is 25.2. The molecule has 4 aromatic rings. The molecular weight excluding hydrogens is 535 g/mol. The van der Waals surface area contributed by atoms with Crippen molar-refractivity contribution >= 4 is 36.5 Å². The van der Waals surface area contributed by atoms with Crippen LogP contribution in [0.1, 0.15) is 10.4 Å². The number of rotatable bonds is 7. The summed E-state index contributed by atoms with van der Waals surface area (Å²) in [5.74, 6) is -0.0528. The second kappa shape index (κ2) is 12.7. The van der Waals surface area contributed by atoms with Gasteiger partial charge in [0.25, 0.3) is 0 Å². The van der Waals surface area contributed by atoms with Gasteiger partial charge in [0.05, 0.1) is 21.3 Å². The standard InChI is InChI=1S/C10H12O5.3C6H5.Sn/c1-13-7-5-9(15-3)8(14-2)4-6(7)10(11)12;3*1-2-4-6-5-3-1;/h4-5H,1-3H3,(H,11,12);3*1-5H;. The molecule has 0 aliphatic heterocycles. The average molecular weight is 562 g/mol. The molecule has 1 N–H and O–H groups in total. The van der Waals surface area contributed by atoms with E-state index >= 15 is 0 Å². The Kier molecular flexibility index (Phi) is 9.40. The van der Waals surface area contributed by atoms with Crippen molar-refractivity contribution in [2.45, 2.75) is 0 Å². The molecule has 0 aliphatic rings. The van der Waals surface area contributed by atoms with E-state index in [2.05, 4.69) is 91.0 Å². The van der Waals surface area contributed by atoms with Crippen LogP contribution in [-0.4, -0.2) is 52.2 Å². The molecule has 0 amide bonds. The van der Waals surface area contributed by atoms with E-state index in [1.165, 1.54) is 44.2 Å². The van der Waals surface area contributed by atoms with Gasteiger partial charge in [-0.05, 0) is 0 Å². The third kappa shape index (κ3) is 6.32. The Balaban J connectivity index is 0.000000197. The van der Waals surface area contributed by atoms with Gasteiger partial charge >= 0.3 is 127 Å². The minimum atomic E-state index is -1.98. The van der Waals surface area contributed by atoms with E-state index in [1.807, 2.05) is 0 Å². The Morgan fingerprint density at radius 2 is 0.941 bits per heavy atom. The summed E-state index contributed by atoms with van der Waals surface area (Å²) in [6.45, 7) is 0. The second-order valence-corrected chi connectivity index (χ2v) is 14.3. The van der Waals surface area contributed by atoms with Gasteiger partial charge in [-0.25, -0.2) is 4.79 Å². The summed E-state index contributed by atoms with van der Waals surface area (Å²) in [7, 11) is 4.31. The molecule has 0 bridgehead atoms. The van der Waals surface area contributed by atoms with Crippen LogP contribution in [0.5, 0.6) is 17.2 Å². The van der Waals surface area contributed by atoms with Crippen LogP contribution in [0, 0.1) is 0 Å². The molecular formula is C28H27O5Sn. The van der Waals surface area contributed by atoms with Crippen LogP contribution in [-0.2, 0) is 0 Å². The Hall–Kier alpha value is -3.45. The Morgan fingerprint density at radius 3 is 1.26 bits per heavy atom. The van der Waals surface area contributed by atoms with E-state index in [0.717, 1.165) is 0 Å². The number of carboxylic acids is 1. The number of aromatic carboxylic acids is 1. The Morgan fingerprint density at radius 1 is 0.588 bits per heavy atom. The quantitative estimate of drug-likeness (QED) is 0.349. The maximum absolute atomic E-state index is 10.9. The van der Waals surface area contributed by atoms with Crippen molar-refractivity contribution in [1.82, 2.24) is 0 Å². The SMILES string of the molecule is COc1cc(OC)c(C(=O)O)cc1OC.c1cc[c]([Sn]([c]2ccccc2)[c]2ccccc2)cc1. The van der Waals surface area contributed by atoms with E-state index in [0.29, 0.717) is 11.5 Å². The molecule has 0 saturated carbocycles. The van der Waals surface area contributed by atoms with Gasteiger partial charge in [-0.1, -0.05) is 0 Å². The summed E-state index contributed by atoms with van der Waals surface area (Å²) < 4.78 is 19.5. The summed E-state index contributed by atoms with van der Waals surface area (Å²) in [4.78, 5) is 10.9. The maximum atomic E-state index is 10.9. The number of ether oxygens (including phenoxy) is 3. The number of carboxylic acid groups (broad SMARTS) is 1. The zero-order valence-electron chi connectivity index (χ0n) is 19.4. The van der Waals surface area contributed by atoms with Gasteiger partial charge in [0.1, 0.15) is 11.3 Å². The molecule has 0 unspecified atom stereocenters. The zero-order valence-corrected chi connectivity index (χ0v) is 22.2. The zero-order chi connectivity index (χ0) is 24.3. The molecule has 0 aliphatic carbocycles. The monoisotopic (exact) mass is 563 g/mol. The number of methoxy groups -OCH3 is 3. The first-order chi connectivity index (χ1) is 16.6. The molecule has 173 valence electrons. The predicted octanol–water partition coefficient (Wildman–Crippen LogP) is 3.61. The third-order valence-electron chi connectivity index (χ3n) is 5.12. The molecule has 0 aromatic heterocycles. The Labute approximate surface area is 207 Å². The molecule has 4 aromatic carbocycles. The van der Waals surface area contributed by atoms with E-state index in [9.17, 15) is 4.79 Å². The van der Waals surface area contributed by atoms with Crippen LogP contribution >= 0.6 is 0 Å². The van der Waals surface area contributed by atoms with Crippen molar-refractivity contribution in [3.63, 3.8) is 0 Å². The van der Waals surface area contributed by atoms with Gasteiger partial charge in [0, 0.05) is 12.1 Å². The van der Waals surface area contributed by atoms with Crippen LogP contribution in [0.4, 0.5) is 0 Å². The van der Waals surface area contributed by atoms with Crippen LogP contribution in [0.3, 0.4) is 0 Å². The van der Waals surface area contributed by atoms with Gasteiger partial charge in [-0.15, -0.1) is 0 Å². The van der Waals surface area contributed by atoms with Crippen LogP contribution < -0.4 is 24.9 Å². The van der Waals surface area contributed by atoms with E-state index < -0.39 is 25.7 Å². The molecule has 6 heteroatoms. The molecule has 0 spiro atoms. The van der Waals surface area contributed by atoms with Crippen molar-refractivity contribution in [3.8, 4) is 17.2 Å². The first-order valence-electron chi connectivity index (χ1n) is 10.7. The van der Waals surface area contributed by atoms with Gasteiger partial charge in [-0.2, -0.15) is 0 Å². The van der Waals surface area contributed by atoms with Crippen molar-refractivity contribution in [2.75, 3.05) is 21.3 Å². The number of hydrogen-bond acceptors (Lipinski definition) is 4. The minimum absolute atomic E-state index is 0.0372. The average Bonchev–Trinajstić information content (AvgIpc) is 2.90. The second-order valence-electron chi connectivity index (χ2n) is 7.19. The molecule has 5 nitrogen and oxygen atoms in total. The molecule has 4 rings (SSSR count). The molecule has 34 heavy (non-hydrogen) atoms. The number of benzene rings is 4. The first-order valence-corrected chi connectivity index (χ1v) is 14.9. The van der Waals surface area contributed by atoms with Gasteiger partial charge in [-0.3, -0.25) is 0 Å². The molecule has 0 heterocycles. The topological polar surface area (TPSA) is 65.0 Å². The molecule has 0 saturated heterocycles. The fourth-order valence-electron chi connectivity index (χ4n) is 3.51. The summed E-state index contributed by atoms with van der Waals surface area (Å²) >= 11 is -1.98. The van der Waals surface area contributed by atoms with Crippen LogP contribution in [0.25, 0.3) is 0 Å². The normalized spacial score (nSPS) is 10.1. The number of carbonyl (C=O) groups is 1. The van der Waals surface area contributed by atoms with E-state index in [1.54, 1.807) is 0 Å². The third-order valence-corrected chi connectivity index (χ3v) is 12.9. The number of hydrogen-bond donors (Lipinski definition) is 1. The van der Waals surface area contributed by atoms with Crippen molar-refractivity contribution in [3.05, 3.63) is 109 Å². The van der Waals surface area contributed by atoms with Gasteiger partial charge in [0.15, 0.2) is 11.5 Å². The summed E-state index contributed by atoms with van der Waals surface area (Å²) in [5.41, 5.74) is 0.0372. The Bertz CT molecular complexity index is 1090. The van der Waals surface area contributed by atoms with Crippen molar-refractivity contribution in [2.24, 2.45) is 0 Å². The summed E-state index contributed by atoms with van der Waals surface area (Å²) in [6.07, 6.45) is 0. The molecule has 0 fully saturated rings.